The van der Waals surface area contributed by atoms with E-state index in [0.29, 0.717) is 11.5 Å². The van der Waals surface area contributed by atoms with E-state index in [1.54, 1.807) is 37.7 Å². The Morgan fingerprint density at radius 1 is 1.56 bits per heavy atom. The summed E-state index contributed by atoms with van der Waals surface area (Å²) in [6.45, 7) is 1.55. The third kappa shape index (κ3) is 1.79. The lowest BCUT2D eigenvalue weighted by Crippen LogP contribution is -2.37. The summed E-state index contributed by atoms with van der Waals surface area (Å²) in [7, 11) is 3.35. The second-order valence-electron chi connectivity index (χ2n) is 4.20. The summed E-state index contributed by atoms with van der Waals surface area (Å²) in [5.74, 6) is -0.944. The molecule has 2 aromatic rings. The normalized spacial score (nSPS) is 12.7. The molecule has 1 unspecified atom stereocenters. The lowest BCUT2D eigenvalue weighted by atomic mass is 10.3. The number of rotatable bonds is 3. The predicted octanol–water partition coefficient (Wildman–Crippen LogP) is 1.62. The van der Waals surface area contributed by atoms with Gasteiger partial charge in [-0.1, -0.05) is 6.07 Å². The molecule has 18 heavy (non-hydrogen) atoms. The Morgan fingerprint density at radius 2 is 2.22 bits per heavy atom. The molecular formula is C12H14FN3O2. The number of imidazole rings is 1. The van der Waals surface area contributed by atoms with Gasteiger partial charge in [0, 0.05) is 14.1 Å². The molecule has 1 atom stereocenters. The zero-order chi connectivity index (χ0) is 13.4. The zero-order valence-corrected chi connectivity index (χ0v) is 10.4. The monoisotopic (exact) mass is 251 g/mol. The van der Waals surface area contributed by atoms with Crippen LogP contribution in [0.15, 0.2) is 18.2 Å². The van der Waals surface area contributed by atoms with Crippen LogP contribution in [-0.4, -0.2) is 33.7 Å². The van der Waals surface area contributed by atoms with Crippen molar-refractivity contribution in [2.24, 2.45) is 7.05 Å². The molecule has 0 saturated carbocycles. The van der Waals surface area contributed by atoms with Crippen LogP contribution in [0.2, 0.25) is 0 Å². The first-order chi connectivity index (χ1) is 8.43. The van der Waals surface area contributed by atoms with Gasteiger partial charge in [0.15, 0.2) is 5.82 Å². The van der Waals surface area contributed by atoms with Crippen LogP contribution in [0.25, 0.3) is 11.0 Å². The minimum absolute atomic E-state index is 0.249. The molecule has 1 N–H and O–H groups in total. The van der Waals surface area contributed by atoms with Gasteiger partial charge in [0.2, 0.25) is 5.95 Å². The molecule has 0 aliphatic heterocycles. The summed E-state index contributed by atoms with van der Waals surface area (Å²) < 4.78 is 15.3. The fourth-order valence-corrected chi connectivity index (χ4v) is 1.82. The fraction of sp³-hybridized carbons (Fsp3) is 0.333. The molecule has 0 bridgehead atoms. The van der Waals surface area contributed by atoms with Gasteiger partial charge < -0.3 is 14.6 Å². The molecule has 6 heteroatoms. The molecule has 0 aliphatic carbocycles. The van der Waals surface area contributed by atoms with E-state index in [0.717, 1.165) is 0 Å². The molecule has 2 rings (SSSR count). The number of aromatic nitrogens is 2. The topological polar surface area (TPSA) is 58.4 Å². The number of likely N-dealkylation sites (N-methyl/N-ethyl adjacent to an activating group) is 1. The second-order valence-corrected chi connectivity index (χ2v) is 4.20. The Morgan fingerprint density at radius 3 is 2.78 bits per heavy atom. The summed E-state index contributed by atoms with van der Waals surface area (Å²) in [5.41, 5.74) is 0.883. The number of carboxylic acid groups (broad SMARTS) is 1. The van der Waals surface area contributed by atoms with Crippen LogP contribution in [-0.2, 0) is 11.8 Å². The van der Waals surface area contributed by atoms with E-state index in [1.807, 2.05) is 0 Å². The number of para-hydroxylation sites is 1. The SMILES string of the molecule is CC(C(=O)O)N(C)c1nc2c(F)cccc2n1C. The van der Waals surface area contributed by atoms with E-state index in [9.17, 15) is 9.18 Å². The van der Waals surface area contributed by atoms with Crippen LogP contribution in [0.4, 0.5) is 10.3 Å². The highest BCUT2D eigenvalue weighted by molar-refractivity contribution is 5.81. The second kappa shape index (κ2) is 4.29. The van der Waals surface area contributed by atoms with Crippen molar-refractivity contribution in [3.63, 3.8) is 0 Å². The van der Waals surface area contributed by atoms with Crippen molar-refractivity contribution in [3.8, 4) is 0 Å². The first-order valence-electron chi connectivity index (χ1n) is 5.50. The summed E-state index contributed by atoms with van der Waals surface area (Å²) >= 11 is 0. The molecule has 0 radical (unpaired) electrons. The predicted molar refractivity (Wildman–Crippen MR) is 66.2 cm³/mol. The molecule has 0 amide bonds. The van der Waals surface area contributed by atoms with E-state index >= 15 is 0 Å². The Kier molecular flexibility index (Phi) is 2.94. The van der Waals surface area contributed by atoms with Crippen LogP contribution >= 0.6 is 0 Å². The number of nitrogens with zero attached hydrogens (tertiary/aromatic N) is 3. The Labute approximate surface area is 103 Å². The van der Waals surface area contributed by atoms with Crippen LogP contribution in [0.5, 0.6) is 0 Å². The van der Waals surface area contributed by atoms with Gasteiger partial charge in [0.05, 0.1) is 5.52 Å². The van der Waals surface area contributed by atoms with Crippen molar-refractivity contribution in [3.05, 3.63) is 24.0 Å². The number of aryl methyl sites for hydroxylation is 1. The highest BCUT2D eigenvalue weighted by atomic mass is 19.1. The number of halogens is 1. The average Bonchev–Trinajstić information content (AvgIpc) is 2.67. The van der Waals surface area contributed by atoms with Gasteiger partial charge in [-0.15, -0.1) is 0 Å². The largest absolute Gasteiger partial charge is 0.480 e. The quantitative estimate of drug-likeness (QED) is 0.900. The Balaban J connectivity index is 2.55. The number of hydrogen-bond acceptors (Lipinski definition) is 3. The summed E-state index contributed by atoms with van der Waals surface area (Å²) in [6.07, 6.45) is 0. The van der Waals surface area contributed by atoms with Gasteiger partial charge in [-0.25, -0.2) is 14.2 Å². The van der Waals surface area contributed by atoms with Gasteiger partial charge in [-0.2, -0.15) is 0 Å². The number of hydrogen-bond donors (Lipinski definition) is 1. The van der Waals surface area contributed by atoms with E-state index < -0.39 is 17.8 Å². The highest BCUT2D eigenvalue weighted by Gasteiger charge is 2.22. The maximum Gasteiger partial charge on any atom is 0.326 e. The van der Waals surface area contributed by atoms with E-state index in [2.05, 4.69) is 4.98 Å². The van der Waals surface area contributed by atoms with Crippen LogP contribution in [0.1, 0.15) is 6.92 Å². The van der Waals surface area contributed by atoms with Crippen LogP contribution < -0.4 is 4.90 Å². The first kappa shape index (κ1) is 12.3. The summed E-state index contributed by atoms with van der Waals surface area (Å²) in [5, 5.41) is 8.98. The molecule has 0 fully saturated rings. The number of carboxylic acids is 1. The third-order valence-electron chi connectivity index (χ3n) is 3.09. The number of fused-ring (bicyclic) bond motifs is 1. The maximum absolute atomic E-state index is 13.6. The average molecular weight is 251 g/mol. The molecule has 0 spiro atoms. The zero-order valence-electron chi connectivity index (χ0n) is 10.4. The van der Waals surface area contributed by atoms with Gasteiger partial charge in [-0.3, -0.25) is 0 Å². The van der Waals surface area contributed by atoms with Gasteiger partial charge in [-0.05, 0) is 19.1 Å². The van der Waals surface area contributed by atoms with Crippen LogP contribution in [0, 0.1) is 5.82 Å². The van der Waals surface area contributed by atoms with Crippen molar-refractivity contribution in [1.82, 2.24) is 9.55 Å². The number of carbonyl (C=O) groups is 1. The molecule has 0 saturated heterocycles. The molecule has 1 aromatic heterocycles. The smallest absolute Gasteiger partial charge is 0.326 e. The Hall–Kier alpha value is -2.11. The van der Waals surface area contributed by atoms with Crippen LogP contribution in [0.3, 0.4) is 0 Å². The lowest BCUT2D eigenvalue weighted by Gasteiger charge is -2.22. The van der Waals surface area contributed by atoms with Crippen molar-refractivity contribution < 1.29 is 14.3 Å². The molecule has 1 heterocycles. The van der Waals surface area contributed by atoms with Gasteiger partial charge in [0.1, 0.15) is 11.6 Å². The first-order valence-corrected chi connectivity index (χ1v) is 5.50. The lowest BCUT2D eigenvalue weighted by molar-refractivity contribution is -0.138. The Bertz CT molecular complexity index is 609. The summed E-state index contributed by atoms with van der Waals surface area (Å²) in [4.78, 5) is 16.6. The minimum Gasteiger partial charge on any atom is -0.480 e. The minimum atomic E-state index is -0.954. The van der Waals surface area contributed by atoms with Gasteiger partial charge in [0.25, 0.3) is 0 Å². The maximum atomic E-state index is 13.6. The molecule has 96 valence electrons. The molecule has 1 aromatic carbocycles. The van der Waals surface area contributed by atoms with Gasteiger partial charge >= 0.3 is 5.97 Å². The van der Waals surface area contributed by atoms with Crippen molar-refractivity contribution in [1.29, 1.82) is 0 Å². The third-order valence-corrected chi connectivity index (χ3v) is 3.09. The van der Waals surface area contributed by atoms with Crippen molar-refractivity contribution >= 4 is 23.0 Å². The number of anilines is 1. The van der Waals surface area contributed by atoms with E-state index in [-0.39, 0.29) is 5.52 Å². The fourth-order valence-electron chi connectivity index (χ4n) is 1.82. The van der Waals surface area contributed by atoms with E-state index in [4.69, 9.17) is 5.11 Å². The highest BCUT2D eigenvalue weighted by Crippen LogP contribution is 2.23. The number of benzene rings is 1. The van der Waals surface area contributed by atoms with Crippen molar-refractivity contribution in [2.45, 2.75) is 13.0 Å². The standard InChI is InChI=1S/C12H14FN3O2/c1-7(11(17)18)15(2)12-14-10-8(13)5-4-6-9(10)16(12)3/h4-7H,1-3H3,(H,17,18). The molecular weight excluding hydrogens is 237 g/mol. The number of aliphatic carboxylic acids is 1. The van der Waals surface area contributed by atoms with E-state index in [1.165, 1.54) is 11.0 Å². The molecule has 5 nitrogen and oxygen atoms in total. The van der Waals surface area contributed by atoms with Crippen molar-refractivity contribution in [2.75, 3.05) is 11.9 Å². The molecule has 0 aliphatic rings. The summed E-state index contributed by atoms with van der Waals surface area (Å²) in [6, 6.07) is 3.95.